The third kappa shape index (κ3) is 0.969. The lowest BCUT2D eigenvalue weighted by molar-refractivity contribution is 0.735. The fraction of sp³-hybridized carbons (Fsp3) is 0.455. The molecule has 0 heterocycles. The van der Waals surface area contributed by atoms with Crippen molar-refractivity contribution in [1.29, 1.82) is 0 Å². The second kappa shape index (κ2) is 2.33. The smallest absolute Gasteiger partial charge is 0.0143 e. The van der Waals surface area contributed by atoms with E-state index in [-0.39, 0.29) is 5.41 Å². The maximum Gasteiger partial charge on any atom is 0.0143 e. The molecule has 2 atom stereocenters. The van der Waals surface area contributed by atoms with Crippen LogP contribution < -0.4 is 5.73 Å². The van der Waals surface area contributed by atoms with E-state index in [1.54, 1.807) is 0 Å². The SMILES string of the molecule is Cc1ccccc1[C@]1(C)C[C@H]1N. The normalized spacial score (nSPS) is 33.4. The third-order valence-corrected chi connectivity index (χ3v) is 3.06. The number of hydrogen-bond donors (Lipinski definition) is 1. The molecular weight excluding hydrogens is 146 g/mol. The molecule has 0 spiro atoms. The summed E-state index contributed by atoms with van der Waals surface area (Å²) >= 11 is 0. The molecule has 0 aromatic heterocycles. The Bertz CT molecular complexity index is 306. The zero-order valence-corrected chi connectivity index (χ0v) is 7.67. The first kappa shape index (κ1) is 7.81. The van der Waals surface area contributed by atoms with Gasteiger partial charge in [0.25, 0.3) is 0 Å². The quantitative estimate of drug-likeness (QED) is 0.669. The summed E-state index contributed by atoms with van der Waals surface area (Å²) in [5, 5.41) is 0. The van der Waals surface area contributed by atoms with Crippen molar-refractivity contribution in [3.8, 4) is 0 Å². The van der Waals surface area contributed by atoms with Crippen LogP contribution in [0.4, 0.5) is 0 Å². The van der Waals surface area contributed by atoms with E-state index in [9.17, 15) is 0 Å². The van der Waals surface area contributed by atoms with Gasteiger partial charge in [-0.1, -0.05) is 31.2 Å². The van der Waals surface area contributed by atoms with Crippen molar-refractivity contribution in [2.45, 2.75) is 31.7 Å². The van der Waals surface area contributed by atoms with Crippen LogP contribution in [0.15, 0.2) is 24.3 Å². The van der Waals surface area contributed by atoms with Crippen LogP contribution in [-0.4, -0.2) is 6.04 Å². The van der Waals surface area contributed by atoms with Crippen LogP contribution in [0, 0.1) is 6.92 Å². The predicted octanol–water partition coefficient (Wildman–Crippen LogP) is 1.98. The third-order valence-electron chi connectivity index (χ3n) is 3.06. The Kier molecular flexibility index (Phi) is 1.52. The van der Waals surface area contributed by atoms with E-state index < -0.39 is 0 Å². The zero-order valence-electron chi connectivity index (χ0n) is 7.67. The first-order chi connectivity index (χ1) is 5.64. The molecule has 0 unspecified atom stereocenters. The molecule has 1 aliphatic rings. The predicted molar refractivity (Wildman–Crippen MR) is 51.1 cm³/mol. The van der Waals surface area contributed by atoms with Gasteiger partial charge in [0.15, 0.2) is 0 Å². The number of hydrogen-bond acceptors (Lipinski definition) is 1. The van der Waals surface area contributed by atoms with Crippen LogP contribution in [0.25, 0.3) is 0 Å². The van der Waals surface area contributed by atoms with Gasteiger partial charge in [-0.05, 0) is 24.5 Å². The van der Waals surface area contributed by atoms with Gasteiger partial charge in [0.1, 0.15) is 0 Å². The highest BCUT2D eigenvalue weighted by Gasteiger charge is 2.49. The molecule has 0 amide bonds. The summed E-state index contributed by atoms with van der Waals surface area (Å²) in [5.74, 6) is 0. The molecule has 64 valence electrons. The van der Waals surface area contributed by atoms with Crippen molar-refractivity contribution < 1.29 is 0 Å². The Labute approximate surface area is 73.6 Å². The van der Waals surface area contributed by atoms with Gasteiger partial charge in [0.05, 0.1) is 0 Å². The lowest BCUT2D eigenvalue weighted by Gasteiger charge is -2.12. The van der Waals surface area contributed by atoms with E-state index in [0.29, 0.717) is 6.04 Å². The van der Waals surface area contributed by atoms with Crippen LogP contribution in [0.2, 0.25) is 0 Å². The second-order valence-electron chi connectivity index (χ2n) is 4.04. The number of benzene rings is 1. The van der Waals surface area contributed by atoms with Gasteiger partial charge in [-0.25, -0.2) is 0 Å². The maximum atomic E-state index is 5.90. The Morgan fingerprint density at radius 2 is 2.00 bits per heavy atom. The highest BCUT2D eigenvalue weighted by molar-refractivity contribution is 5.40. The van der Waals surface area contributed by atoms with E-state index in [1.165, 1.54) is 11.1 Å². The van der Waals surface area contributed by atoms with Gasteiger partial charge in [0.2, 0.25) is 0 Å². The van der Waals surface area contributed by atoms with Gasteiger partial charge in [-0.2, -0.15) is 0 Å². The summed E-state index contributed by atoms with van der Waals surface area (Å²) in [7, 11) is 0. The Morgan fingerprint density at radius 1 is 1.42 bits per heavy atom. The van der Waals surface area contributed by atoms with E-state index in [1.807, 2.05) is 0 Å². The molecule has 2 rings (SSSR count). The minimum Gasteiger partial charge on any atom is -0.327 e. The minimum atomic E-state index is 0.269. The topological polar surface area (TPSA) is 26.0 Å². The van der Waals surface area contributed by atoms with Crippen molar-refractivity contribution in [3.63, 3.8) is 0 Å². The molecule has 0 aliphatic heterocycles. The summed E-state index contributed by atoms with van der Waals surface area (Å²) in [6.45, 7) is 4.41. The summed E-state index contributed by atoms with van der Waals surface area (Å²) in [6.07, 6.45) is 1.14. The van der Waals surface area contributed by atoms with E-state index in [4.69, 9.17) is 5.73 Å². The minimum absolute atomic E-state index is 0.269. The van der Waals surface area contributed by atoms with Gasteiger partial charge in [-0.3, -0.25) is 0 Å². The van der Waals surface area contributed by atoms with Crippen LogP contribution in [0.5, 0.6) is 0 Å². The first-order valence-electron chi connectivity index (χ1n) is 4.46. The highest BCUT2D eigenvalue weighted by atomic mass is 14.8. The summed E-state index contributed by atoms with van der Waals surface area (Å²) < 4.78 is 0. The number of nitrogens with two attached hydrogens (primary N) is 1. The molecule has 12 heavy (non-hydrogen) atoms. The number of rotatable bonds is 1. The first-order valence-corrected chi connectivity index (χ1v) is 4.46. The average Bonchev–Trinajstić information content (AvgIpc) is 2.61. The van der Waals surface area contributed by atoms with Crippen molar-refractivity contribution in [3.05, 3.63) is 35.4 Å². The van der Waals surface area contributed by atoms with Gasteiger partial charge in [-0.15, -0.1) is 0 Å². The molecule has 0 bridgehead atoms. The van der Waals surface area contributed by atoms with Crippen LogP contribution in [0.1, 0.15) is 24.5 Å². The molecule has 0 radical (unpaired) electrons. The summed E-state index contributed by atoms with van der Waals surface area (Å²) in [4.78, 5) is 0. The molecule has 1 heteroatoms. The van der Waals surface area contributed by atoms with Gasteiger partial charge < -0.3 is 5.73 Å². The summed E-state index contributed by atoms with van der Waals surface area (Å²) in [6, 6.07) is 8.90. The molecule has 1 aromatic rings. The fourth-order valence-electron chi connectivity index (χ4n) is 1.92. The fourth-order valence-corrected chi connectivity index (χ4v) is 1.92. The molecule has 0 saturated heterocycles. The molecule has 1 fully saturated rings. The Morgan fingerprint density at radius 3 is 2.50 bits per heavy atom. The van der Waals surface area contributed by atoms with Gasteiger partial charge in [0, 0.05) is 11.5 Å². The largest absolute Gasteiger partial charge is 0.327 e. The van der Waals surface area contributed by atoms with Crippen LogP contribution in [-0.2, 0) is 5.41 Å². The standard InChI is InChI=1S/C11H15N/c1-8-5-3-4-6-9(8)11(2)7-10(11)12/h3-6,10H,7,12H2,1-2H3/t10-,11+/m1/s1. The molecule has 1 aliphatic carbocycles. The van der Waals surface area contributed by atoms with Crippen molar-refractivity contribution in [2.24, 2.45) is 5.73 Å². The lowest BCUT2D eigenvalue weighted by Crippen LogP contribution is -2.15. The van der Waals surface area contributed by atoms with Crippen molar-refractivity contribution >= 4 is 0 Å². The average molecular weight is 161 g/mol. The number of aryl methyl sites for hydroxylation is 1. The van der Waals surface area contributed by atoms with Crippen LogP contribution in [0.3, 0.4) is 0 Å². The van der Waals surface area contributed by atoms with E-state index in [2.05, 4.69) is 38.1 Å². The second-order valence-corrected chi connectivity index (χ2v) is 4.04. The molecule has 1 saturated carbocycles. The Balaban J connectivity index is 2.41. The van der Waals surface area contributed by atoms with Crippen molar-refractivity contribution in [2.75, 3.05) is 0 Å². The van der Waals surface area contributed by atoms with Crippen LogP contribution >= 0.6 is 0 Å². The Hall–Kier alpha value is -0.820. The van der Waals surface area contributed by atoms with Gasteiger partial charge >= 0.3 is 0 Å². The van der Waals surface area contributed by atoms with E-state index >= 15 is 0 Å². The lowest BCUT2D eigenvalue weighted by atomic mass is 9.93. The summed E-state index contributed by atoms with van der Waals surface area (Å²) in [5.41, 5.74) is 8.97. The molecular formula is C11H15N. The zero-order chi connectivity index (χ0) is 8.77. The molecule has 2 N–H and O–H groups in total. The monoisotopic (exact) mass is 161 g/mol. The maximum absolute atomic E-state index is 5.90. The highest BCUT2D eigenvalue weighted by Crippen LogP contribution is 2.47. The van der Waals surface area contributed by atoms with Crippen molar-refractivity contribution in [1.82, 2.24) is 0 Å². The van der Waals surface area contributed by atoms with E-state index in [0.717, 1.165) is 6.42 Å². The molecule has 1 nitrogen and oxygen atoms in total. The molecule has 1 aromatic carbocycles.